The highest BCUT2D eigenvalue weighted by Gasteiger charge is 2.33. The van der Waals surface area contributed by atoms with Crippen molar-refractivity contribution in [2.24, 2.45) is 0 Å². The molecule has 0 radical (unpaired) electrons. The molecule has 2 atom stereocenters. The third-order valence-corrected chi connectivity index (χ3v) is 4.11. The molecule has 2 fully saturated rings. The van der Waals surface area contributed by atoms with Crippen molar-refractivity contribution in [2.45, 2.75) is 37.8 Å². The Labute approximate surface area is 108 Å². The van der Waals surface area contributed by atoms with Gasteiger partial charge in [-0.05, 0) is 44.4 Å². The maximum atomic E-state index is 5.17. The molecule has 3 heterocycles. The van der Waals surface area contributed by atoms with E-state index in [1.807, 2.05) is 12.3 Å². The zero-order valence-electron chi connectivity index (χ0n) is 10.9. The number of methoxy groups -OCH3 is 1. The van der Waals surface area contributed by atoms with Crippen LogP contribution in [0.25, 0.3) is 0 Å². The van der Waals surface area contributed by atoms with Gasteiger partial charge in [-0.15, -0.1) is 0 Å². The molecule has 0 amide bonds. The van der Waals surface area contributed by atoms with E-state index in [1.165, 1.54) is 32.2 Å². The van der Waals surface area contributed by atoms with Crippen LogP contribution in [0.15, 0.2) is 18.3 Å². The zero-order valence-corrected chi connectivity index (χ0v) is 10.9. The number of nitrogens with one attached hydrogen (secondary N) is 1. The average Bonchev–Trinajstić information content (AvgIpc) is 3.09. The van der Waals surface area contributed by atoms with E-state index in [9.17, 15) is 0 Å². The second-order valence-electron chi connectivity index (χ2n) is 5.16. The monoisotopic (exact) mass is 247 g/mol. The maximum absolute atomic E-state index is 5.17. The molecule has 2 saturated heterocycles. The Morgan fingerprint density at radius 1 is 1.33 bits per heavy atom. The molecule has 18 heavy (non-hydrogen) atoms. The summed E-state index contributed by atoms with van der Waals surface area (Å²) in [4.78, 5) is 6.99. The number of hydrogen-bond acceptors (Lipinski definition) is 4. The van der Waals surface area contributed by atoms with Crippen molar-refractivity contribution in [1.29, 1.82) is 0 Å². The van der Waals surface area contributed by atoms with Gasteiger partial charge in [-0.25, -0.2) is 4.98 Å². The molecule has 0 bridgehead atoms. The van der Waals surface area contributed by atoms with Gasteiger partial charge in [0.2, 0.25) is 0 Å². The van der Waals surface area contributed by atoms with Gasteiger partial charge in [0.15, 0.2) is 0 Å². The second-order valence-corrected chi connectivity index (χ2v) is 5.16. The normalized spacial score (nSPS) is 27.7. The van der Waals surface area contributed by atoms with Crippen molar-refractivity contribution in [3.05, 3.63) is 18.3 Å². The van der Waals surface area contributed by atoms with Gasteiger partial charge in [-0.3, -0.25) is 0 Å². The summed E-state index contributed by atoms with van der Waals surface area (Å²) in [5, 5.41) is 3.63. The number of rotatable bonds is 3. The van der Waals surface area contributed by atoms with Crippen LogP contribution in [-0.4, -0.2) is 37.3 Å². The molecule has 1 aromatic heterocycles. The van der Waals surface area contributed by atoms with Gasteiger partial charge >= 0.3 is 0 Å². The highest BCUT2D eigenvalue weighted by atomic mass is 16.5. The molecule has 1 aromatic rings. The number of aromatic nitrogens is 1. The molecule has 4 heteroatoms. The number of nitrogens with zero attached hydrogens (tertiary/aromatic N) is 2. The van der Waals surface area contributed by atoms with Gasteiger partial charge in [0.05, 0.1) is 13.3 Å². The Morgan fingerprint density at radius 2 is 2.28 bits per heavy atom. The molecule has 2 unspecified atom stereocenters. The lowest BCUT2D eigenvalue weighted by atomic mass is 10.0. The summed E-state index contributed by atoms with van der Waals surface area (Å²) >= 11 is 0. The summed E-state index contributed by atoms with van der Waals surface area (Å²) in [6, 6.07) is 5.34. The lowest BCUT2D eigenvalue weighted by Gasteiger charge is -2.30. The first-order valence-electron chi connectivity index (χ1n) is 6.88. The Hall–Kier alpha value is -1.29. The summed E-state index contributed by atoms with van der Waals surface area (Å²) in [7, 11) is 1.68. The van der Waals surface area contributed by atoms with E-state index in [0.717, 1.165) is 18.1 Å². The van der Waals surface area contributed by atoms with E-state index < -0.39 is 0 Å². The topological polar surface area (TPSA) is 37.4 Å². The van der Waals surface area contributed by atoms with Gasteiger partial charge in [0, 0.05) is 18.6 Å². The van der Waals surface area contributed by atoms with Crippen LogP contribution in [0.5, 0.6) is 5.75 Å². The van der Waals surface area contributed by atoms with Crippen LogP contribution >= 0.6 is 0 Å². The Kier molecular flexibility index (Phi) is 3.37. The number of hydrogen-bond donors (Lipinski definition) is 1. The molecule has 0 saturated carbocycles. The molecule has 2 aliphatic rings. The van der Waals surface area contributed by atoms with Crippen molar-refractivity contribution in [3.63, 3.8) is 0 Å². The highest BCUT2D eigenvalue weighted by Crippen LogP contribution is 2.29. The first-order valence-corrected chi connectivity index (χ1v) is 6.88. The van der Waals surface area contributed by atoms with E-state index >= 15 is 0 Å². The smallest absolute Gasteiger partial charge is 0.137 e. The fourth-order valence-corrected chi connectivity index (χ4v) is 3.20. The Morgan fingerprint density at radius 3 is 2.94 bits per heavy atom. The van der Waals surface area contributed by atoms with Crippen LogP contribution in [0.2, 0.25) is 0 Å². The molecule has 98 valence electrons. The zero-order chi connectivity index (χ0) is 12.4. The van der Waals surface area contributed by atoms with Gasteiger partial charge in [-0.1, -0.05) is 0 Å². The van der Waals surface area contributed by atoms with Gasteiger partial charge < -0.3 is 15.0 Å². The summed E-state index contributed by atoms with van der Waals surface area (Å²) in [5.41, 5.74) is 0. The lowest BCUT2D eigenvalue weighted by Crippen LogP contribution is -2.44. The van der Waals surface area contributed by atoms with Crippen molar-refractivity contribution in [2.75, 3.05) is 25.1 Å². The SMILES string of the molecule is COc1ccc(N2CCCC2C2CCCN2)nc1. The molecule has 0 aromatic carbocycles. The first kappa shape index (κ1) is 11.8. The fraction of sp³-hybridized carbons (Fsp3) is 0.643. The number of ether oxygens (including phenoxy) is 1. The van der Waals surface area contributed by atoms with Crippen LogP contribution < -0.4 is 15.0 Å². The van der Waals surface area contributed by atoms with E-state index in [1.54, 1.807) is 7.11 Å². The third-order valence-electron chi connectivity index (χ3n) is 4.11. The van der Waals surface area contributed by atoms with Crippen molar-refractivity contribution < 1.29 is 4.74 Å². The molecule has 2 aliphatic heterocycles. The van der Waals surface area contributed by atoms with Crippen LogP contribution in [0.4, 0.5) is 5.82 Å². The van der Waals surface area contributed by atoms with E-state index in [4.69, 9.17) is 4.74 Å². The van der Waals surface area contributed by atoms with Gasteiger partial charge in [0.25, 0.3) is 0 Å². The van der Waals surface area contributed by atoms with Crippen LogP contribution in [0, 0.1) is 0 Å². The second kappa shape index (κ2) is 5.14. The van der Waals surface area contributed by atoms with Crippen LogP contribution in [-0.2, 0) is 0 Å². The van der Waals surface area contributed by atoms with Crippen LogP contribution in [0.3, 0.4) is 0 Å². The summed E-state index contributed by atoms with van der Waals surface area (Å²) in [6.45, 7) is 2.30. The summed E-state index contributed by atoms with van der Waals surface area (Å²) in [5.74, 6) is 1.92. The van der Waals surface area contributed by atoms with E-state index in [2.05, 4.69) is 21.3 Å². The minimum Gasteiger partial charge on any atom is -0.495 e. The molecule has 3 rings (SSSR count). The minimum atomic E-state index is 0.619. The van der Waals surface area contributed by atoms with Crippen LogP contribution in [0.1, 0.15) is 25.7 Å². The van der Waals surface area contributed by atoms with Crippen molar-refractivity contribution in [3.8, 4) is 5.75 Å². The fourth-order valence-electron chi connectivity index (χ4n) is 3.20. The molecule has 0 aliphatic carbocycles. The molecule has 4 nitrogen and oxygen atoms in total. The van der Waals surface area contributed by atoms with Gasteiger partial charge in [0.1, 0.15) is 11.6 Å². The average molecular weight is 247 g/mol. The molecular formula is C14H21N3O. The quantitative estimate of drug-likeness (QED) is 0.884. The molecular weight excluding hydrogens is 226 g/mol. The predicted octanol–water partition coefficient (Wildman–Crippen LogP) is 1.81. The summed E-state index contributed by atoms with van der Waals surface area (Å²) < 4.78 is 5.17. The first-order chi connectivity index (χ1) is 8.88. The summed E-state index contributed by atoms with van der Waals surface area (Å²) in [6.07, 6.45) is 6.98. The number of anilines is 1. The third kappa shape index (κ3) is 2.17. The number of pyridine rings is 1. The minimum absolute atomic E-state index is 0.619. The lowest BCUT2D eigenvalue weighted by molar-refractivity contribution is 0.412. The highest BCUT2D eigenvalue weighted by molar-refractivity contribution is 5.43. The van der Waals surface area contributed by atoms with E-state index in [-0.39, 0.29) is 0 Å². The van der Waals surface area contributed by atoms with E-state index in [0.29, 0.717) is 12.1 Å². The van der Waals surface area contributed by atoms with Gasteiger partial charge in [-0.2, -0.15) is 0 Å². The molecule has 0 spiro atoms. The largest absolute Gasteiger partial charge is 0.495 e. The Balaban J connectivity index is 1.76. The van der Waals surface area contributed by atoms with Crippen molar-refractivity contribution >= 4 is 5.82 Å². The Bertz CT molecular complexity index is 387. The predicted molar refractivity (Wildman–Crippen MR) is 72.2 cm³/mol. The standard InChI is InChI=1S/C14H21N3O/c1-18-11-6-7-14(16-10-11)17-9-3-5-13(17)12-4-2-8-15-12/h6-7,10,12-13,15H,2-5,8-9H2,1H3. The maximum Gasteiger partial charge on any atom is 0.137 e. The molecule has 1 N–H and O–H groups in total. The van der Waals surface area contributed by atoms with Crippen molar-refractivity contribution in [1.82, 2.24) is 10.3 Å².